The van der Waals surface area contributed by atoms with E-state index in [0.29, 0.717) is 10.0 Å². The normalized spacial score (nSPS) is 12.1. The second-order valence-electron chi connectivity index (χ2n) is 4.71. The van der Waals surface area contributed by atoms with Gasteiger partial charge < -0.3 is 10.1 Å². The van der Waals surface area contributed by atoms with Gasteiger partial charge in [-0.15, -0.1) is 0 Å². The number of benzene rings is 2. The highest BCUT2D eigenvalue weighted by Gasteiger charge is 2.14. The Morgan fingerprint density at radius 3 is 2.35 bits per heavy atom. The molecule has 1 atom stereocenters. The number of anilines is 1. The number of hydrogen-bond acceptors (Lipinski definition) is 2. The molecular weight excluding hydrogens is 293 g/mol. The zero-order valence-electron chi connectivity index (χ0n) is 11.7. The number of methoxy groups -OCH3 is 1. The summed E-state index contributed by atoms with van der Waals surface area (Å²) in [6.45, 7) is 4.09. The summed E-state index contributed by atoms with van der Waals surface area (Å²) in [6, 6.07) is 11.6. The first-order valence-electron chi connectivity index (χ1n) is 6.38. The monoisotopic (exact) mass is 309 g/mol. The third-order valence-corrected chi connectivity index (χ3v) is 3.81. The van der Waals surface area contributed by atoms with Gasteiger partial charge in [0.25, 0.3) is 0 Å². The van der Waals surface area contributed by atoms with Crippen molar-refractivity contribution in [1.29, 1.82) is 0 Å². The summed E-state index contributed by atoms with van der Waals surface area (Å²) in [6.07, 6.45) is 0. The van der Waals surface area contributed by atoms with Gasteiger partial charge in [0.2, 0.25) is 0 Å². The van der Waals surface area contributed by atoms with Crippen molar-refractivity contribution in [2.45, 2.75) is 19.9 Å². The van der Waals surface area contributed by atoms with Crippen LogP contribution in [0.2, 0.25) is 10.0 Å². The second-order valence-corrected chi connectivity index (χ2v) is 5.52. The van der Waals surface area contributed by atoms with Gasteiger partial charge in [-0.05, 0) is 37.6 Å². The Hall–Kier alpha value is -1.38. The van der Waals surface area contributed by atoms with Gasteiger partial charge >= 0.3 is 0 Å². The smallest absolute Gasteiger partial charge is 0.124 e. The van der Waals surface area contributed by atoms with Gasteiger partial charge in [-0.1, -0.05) is 41.4 Å². The first-order chi connectivity index (χ1) is 9.52. The molecule has 2 nitrogen and oxygen atoms in total. The average Bonchev–Trinajstić information content (AvgIpc) is 2.42. The molecule has 106 valence electrons. The van der Waals surface area contributed by atoms with Gasteiger partial charge in [-0.2, -0.15) is 0 Å². The van der Waals surface area contributed by atoms with Gasteiger partial charge in [0.05, 0.1) is 28.9 Å². The van der Waals surface area contributed by atoms with Gasteiger partial charge in [-0.3, -0.25) is 0 Å². The van der Waals surface area contributed by atoms with E-state index in [2.05, 4.69) is 17.4 Å². The Kier molecular flexibility index (Phi) is 4.79. The summed E-state index contributed by atoms with van der Waals surface area (Å²) in [5, 5.41) is 4.56. The van der Waals surface area contributed by atoms with Crippen LogP contribution in [0.25, 0.3) is 0 Å². The van der Waals surface area contributed by atoms with E-state index in [-0.39, 0.29) is 6.04 Å². The van der Waals surface area contributed by atoms with Crippen LogP contribution in [0.5, 0.6) is 5.75 Å². The third-order valence-electron chi connectivity index (χ3n) is 3.18. The minimum Gasteiger partial charge on any atom is -0.496 e. The van der Waals surface area contributed by atoms with Crippen LogP contribution in [0.1, 0.15) is 24.1 Å². The predicted octanol–water partition coefficient (Wildman–Crippen LogP) is 5.48. The van der Waals surface area contributed by atoms with Crippen LogP contribution < -0.4 is 10.1 Å². The minimum absolute atomic E-state index is 0.0305. The molecule has 1 unspecified atom stereocenters. The van der Waals surface area contributed by atoms with Crippen molar-refractivity contribution in [2.24, 2.45) is 0 Å². The van der Waals surface area contributed by atoms with E-state index in [0.717, 1.165) is 22.6 Å². The summed E-state index contributed by atoms with van der Waals surface area (Å²) in [4.78, 5) is 0. The number of halogens is 2. The van der Waals surface area contributed by atoms with Crippen molar-refractivity contribution in [2.75, 3.05) is 12.4 Å². The summed E-state index contributed by atoms with van der Waals surface area (Å²) in [5.74, 6) is 0.855. The lowest BCUT2D eigenvalue weighted by atomic mass is 10.0. The summed E-state index contributed by atoms with van der Waals surface area (Å²) < 4.78 is 5.44. The number of para-hydroxylation sites is 1. The SMILES string of the molecule is COc1cc(C)ccc1C(C)Nc1c(Cl)cccc1Cl. The van der Waals surface area contributed by atoms with E-state index in [4.69, 9.17) is 27.9 Å². The molecule has 0 aromatic heterocycles. The van der Waals surface area contributed by atoms with E-state index < -0.39 is 0 Å². The van der Waals surface area contributed by atoms with E-state index in [1.54, 1.807) is 7.11 Å². The summed E-state index contributed by atoms with van der Waals surface area (Å²) in [5.41, 5.74) is 2.97. The molecule has 2 aromatic rings. The van der Waals surface area contributed by atoms with Crippen LogP contribution >= 0.6 is 23.2 Å². The molecule has 0 saturated carbocycles. The molecule has 0 fully saturated rings. The maximum Gasteiger partial charge on any atom is 0.124 e. The van der Waals surface area contributed by atoms with Crippen LogP contribution in [0.15, 0.2) is 36.4 Å². The Morgan fingerprint density at radius 1 is 1.10 bits per heavy atom. The van der Waals surface area contributed by atoms with Crippen molar-refractivity contribution in [1.82, 2.24) is 0 Å². The first-order valence-corrected chi connectivity index (χ1v) is 7.13. The third kappa shape index (κ3) is 3.20. The van der Waals surface area contributed by atoms with E-state index in [1.807, 2.05) is 38.1 Å². The van der Waals surface area contributed by atoms with Crippen molar-refractivity contribution in [3.05, 3.63) is 57.6 Å². The average molecular weight is 310 g/mol. The van der Waals surface area contributed by atoms with Crippen molar-refractivity contribution < 1.29 is 4.74 Å². The van der Waals surface area contributed by atoms with Gasteiger partial charge in [0.15, 0.2) is 0 Å². The highest BCUT2D eigenvalue weighted by atomic mass is 35.5. The second kappa shape index (κ2) is 6.38. The molecule has 0 aliphatic carbocycles. The van der Waals surface area contributed by atoms with Crippen LogP contribution in [0.3, 0.4) is 0 Å². The largest absolute Gasteiger partial charge is 0.496 e. The molecule has 2 aromatic carbocycles. The Balaban J connectivity index is 2.31. The topological polar surface area (TPSA) is 21.3 Å². The fourth-order valence-corrected chi connectivity index (χ4v) is 2.61. The number of aryl methyl sites for hydroxylation is 1. The standard InChI is InChI=1S/C16H17Cl2NO/c1-10-7-8-12(15(9-10)20-3)11(2)19-16-13(17)5-4-6-14(16)18/h4-9,11,19H,1-3H3. The lowest BCUT2D eigenvalue weighted by Gasteiger charge is -2.20. The Bertz CT molecular complexity index is 593. The first kappa shape index (κ1) is 15.0. The molecule has 0 aliphatic heterocycles. The van der Waals surface area contributed by atoms with Gasteiger partial charge in [0.1, 0.15) is 5.75 Å². The minimum atomic E-state index is 0.0305. The molecule has 0 bridgehead atoms. The quantitative estimate of drug-likeness (QED) is 0.807. The molecular formula is C16H17Cl2NO. The van der Waals surface area contributed by atoms with Crippen LogP contribution in [-0.4, -0.2) is 7.11 Å². The number of ether oxygens (including phenoxy) is 1. The lowest BCUT2D eigenvalue weighted by molar-refractivity contribution is 0.407. The molecule has 0 radical (unpaired) electrons. The predicted molar refractivity (Wildman–Crippen MR) is 86.2 cm³/mol. The molecule has 0 amide bonds. The van der Waals surface area contributed by atoms with Crippen LogP contribution in [0, 0.1) is 6.92 Å². The van der Waals surface area contributed by atoms with Crippen molar-refractivity contribution >= 4 is 28.9 Å². The zero-order valence-corrected chi connectivity index (χ0v) is 13.2. The molecule has 2 rings (SSSR count). The molecule has 20 heavy (non-hydrogen) atoms. The van der Waals surface area contributed by atoms with Crippen LogP contribution in [0.4, 0.5) is 5.69 Å². The zero-order chi connectivity index (χ0) is 14.7. The Morgan fingerprint density at radius 2 is 1.75 bits per heavy atom. The fraction of sp³-hybridized carbons (Fsp3) is 0.250. The lowest BCUT2D eigenvalue weighted by Crippen LogP contribution is -2.09. The molecule has 4 heteroatoms. The van der Waals surface area contributed by atoms with Crippen molar-refractivity contribution in [3.63, 3.8) is 0 Å². The van der Waals surface area contributed by atoms with Crippen LogP contribution in [-0.2, 0) is 0 Å². The van der Waals surface area contributed by atoms with Gasteiger partial charge in [-0.25, -0.2) is 0 Å². The van der Waals surface area contributed by atoms with E-state index in [1.165, 1.54) is 0 Å². The Labute approximate surface area is 129 Å². The maximum atomic E-state index is 6.18. The number of nitrogens with one attached hydrogen (secondary N) is 1. The summed E-state index contributed by atoms with van der Waals surface area (Å²) in [7, 11) is 1.67. The van der Waals surface area contributed by atoms with E-state index >= 15 is 0 Å². The molecule has 0 heterocycles. The number of rotatable bonds is 4. The fourth-order valence-electron chi connectivity index (χ4n) is 2.11. The van der Waals surface area contributed by atoms with Gasteiger partial charge in [0, 0.05) is 5.56 Å². The number of hydrogen-bond donors (Lipinski definition) is 1. The molecule has 0 aliphatic rings. The maximum absolute atomic E-state index is 6.18. The molecule has 0 saturated heterocycles. The molecule has 0 spiro atoms. The summed E-state index contributed by atoms with van der Waals surface area (Å²) >= 11 is 12.4. The molecule has 1 N–H and O–H groups in total. The highest BCUT2D eigenvalue weighted by molar-refractivity contribution is 6.39. The van der Waals surface area contributed by atoms with Crippen molar-refractivity contribution in [3.8, 4) is 5.75 Å². The van der Waals surface area contributed by atoms with E-state index in [9.17, 15) is 0 Å². The highest BCUT2D eigenvalue weighted by Crippen LogP contribution is 2.35.